The van der Waals surface area contributed by atoms with E-state index in [2.05, 4.69) is 10.1 Å². The molecule has 0 spiro atoms. The minimum absolute atomic E-state index is 0.750. The number of hydrogen-bond donors (Lipinski definition) is 1. The third kappa shape index (κ3) is 1.18. The van der Waals surface area contributed by atoms with Crippen LogP contribution in [-0.4, -0.2) is 15.9 Å². The molecule has 1 N–H and O–H groups in total. The third-order valence-corrected chi connectivity index (χ3v) is 2.17. The lowest BCUT2D eigenvalue weighted by atomic mass is 9.95. The molecule has 0 amide bonds. The lowest BCUT2D eigenvalue weighted by Crippen LogP contribution is -2.14. The van der Waals surface area contributed by atoms with E-state index in [1.54, 1.807) is 6.20 Å². The molecule has 2 rings (SSSR count). The number of aromatic nitrogens is 1. The Morgan fingerprint density at radius 1 is 1.42 bits per heavy atom. The Kier molecular flexibility index (Phi) is 1.78. The zero-order valence-electron chi connectivity index (χ0n) is 6.70. The van der Waals surface area contributed by atoms with Gasteiger partial charge in [0.15, 0.2) is 0 Å². The van der Waals surface area contributed by atoms with Crippen molar-refractivity contribution in [2.75, 3.05) is 0 Å². The van der Waals surface area contributed by atoms with E-state index in [4.69, 9.17) is 5.21 Å². The number of fused-ring (bicyclic) bond motifs is 1. The summed E-state index contributed by atoms with van der Waals surface area (Å²) in [5.74, 6) is 0. The molecule has 0 aromatic carbocycles. The van der Waals surface area contributed by atoms with Crippen LogP contribution in [0.15, 0.2) is 23.5 Å². The average Bonchev–Trinajstić information content (AvgIpc) is 2.17. The fourth-order valence-corrected chi connectivity index (χ4v) is 1.51. The molecule has 1 heterocycles. The van der Waals surface area contributed by atoms with Crippen LogP contribution in [0.1, 0.15) is 17.7 Å². The van der Waals surface area contributed by atoms with Crippen molar-refractivity contribution >= 4 is 5.71 Å². The summed E-state index contributed by atoms with van der Waals surface area (Å²) in [6, 6.07) is 3.95. The van der Waals surface area contributed by atoms with Crippen molar-refractivity contribution in [1.29, 1.82) is 0 Å². The molecule has 0 atom stereocenters. The Balaban J connectivity index is 2.35. The van der Waals surface area contributed by atoms with Crippen LogP contribution in [0.2, 0.25) is 0 Å². The fraction of sp³-hybridized carbons (Fsp3) is 0.333. The highest BCUT2D eigenvalue weighted by Gasteiger charge is 2.14. The maximum absolute atomic E-state index is 8.58. The molecule has 1 aliphatic carbocycles. The maximum atomic E-state index is 8.58. The molecular formula is C9H10N2O. The first-order valence-corrected chi connectivity index (χ1v) is 4.02. The van der Waals surface area contributed by atoms with E-state index < -0.39 is 0 Å². The lowest BCUT2D eigenvalue weighted by Gasteiger charge is -2.14. The molecule has 0 radical (unpaired) electrons. The molecule has 0 saturated heterocycles. The highest BCUT2D eigenvalue weighted by molar-refractivity contribution is 5.87. The molecule has 0 saturated carbocycles. The summed E-state index contributed by atoms with van der Waals surface area (Å²) < 4.78 is 0. The number of nitrogens with zero attached hydrogens (tertiary/aromatic N) is 2. The summed E-state index contributed by atoms with van der Waals surface area (Å²) in [7, 11) is 0. The second-order valence-electron chi connectivity index (χ2n) is 2.95. The van der Waals surface area contributed by atoms with Gasteiger partial charge in [-0.25, -0.2) is 0 Å². The van der Waals surface area contributed by atoms with Gasteiger partial charge in [0.1, 0.15) is 0 Å². The number of pyridine rings is 1. The van der Waals surface area contributed by atoms with E-state index in [0.29, 0.717) is 0 Å². The average molecular weight is 162 g/mol. The zero-order chi connectivity index (χ0) is 8.39. The summed E-state index contributed by atoms with van der Waals surface area (Å²) in [6.07, 6.45) is 4.29. The summed E-state index contributed by atoms with van der Waals surface area (Å²) in [4.78, 5) is 4.25. The summed E-state index contributed by atoms with van der Waals surface area (Å²) >= 11 is 0. The normalized spacial score (nSPS) is 19.2. The molecule has 0 bridgehead atoms. The van der Waals surface area contributed by atoms with Crippen molar-refractivity contribution in [3.05, 3.63) is 29.6 Å². The Morgan fingerprint density at radius 3 is 3.17 bits per heavy atom. The molecule has 3 heteroatoms. The zero-order valence-corrected chi connectivity index (χ0v) is 6.70. The maximum Gasteiger partial charge on any atom is 0.0619 e. The van der Waals surface area contributed by atoms with E-state index in [1.807, 2.05) is 12.1 Å². The van der Waals surface area contributed by atoms with E-state index in [-0.39, 0.29) is 0 Å². The van der Waals surface area contributed by atoms with Crippen LogP contribution >= 0.6 is 0 Å². The van der Waals surface area contributed by atoms with Crippen LogP contribution < -0.4 is 0 Å². The Hall–Kier alpha value is -1.38. The first-order chi connectivity index (χ1) is 5.90. The van der Waals surface area contributed by atoms with Gasteiger partial charge in [0.2, 0.25) is 0 Å². The minimum Gasteiger partial charge on any atom is -0.411 e. The first-order valence-electron chi connectivity index (χ1n) is 4.02. The molecular weight excluding hydrogens is 152 g/mol. The molecule has 1 aromatic rings. The van der Waals surface area contributed by atoms with Gasteiger partial charge < -0.3 is 5.21 Å². The van der Waals surface area contributed by atoms with E-state index in [9.17, 15) is 0 Å². The van der Waals surface area contributed by atoms with E-state index >= 15 is 0 Å². The lowest BCUT2D eigenvalue weighted by molar-refractivity contribution is 0.316. The largest absolute Gasteiger partial charge is 0.411 e. The van der Waals surface area contributed by atoms with Crippen LogP contribution in [-0.2, 0) is 12.8 Å². The Morgan fingerprint density at radius 2 is 2.33 bits per heavy atom. The van der Waals surface area contributed by atoms with Gasteiger partial charge in [0.05, 0.1) is 5.71 Å². The smallest absolute Gasteiger partial charge is 0.0619 e. The van der Waals surface area contributed by atoms with Crippen LogP contribution in [0.3, 0.4) is 0 Å². The van der Waals surface area contributed by atoms with E-state index in [1.165, 1.54) is 5.56 Å². The summed E-state index contributed by atoms with van der Waals surface area (Å²) in [5, 5.41) is 11.8. The highest BCUT2D eigenvalue weighted by atomic mass is 16.4. The minimum atomic E-state index is 0.750. The number of aryl methyl sites for hydroxylation is 1. The first kappa shape index (κ1) is 7.28. The van der Waals surface area contributed by atoms with Gasteiger partial charge in [-0.2, -0.15) is 0 Å². The van der Waals surface area contributed by atoms with E-state index in [0.717, 1.165) is 30.7 Å². The van der Waals surface area contributed by atoms with Crippen LogP contribution in [0.25, 0.3) is 0 Å². The fourth-order valence-electron chi connectivity index (χ4n) is 1.51. The van der Waals surface area contributed by atoms with Crippen LogP contribution in [0.5, 0.6) is 0 Å². The standard InChI is InChI=1S/C9H10N2O/c12-11-8-3-4-9-7(6-8)2-1-5-10-9/h1-2,5,12H,3-4,6H2/b11-8-. The topological polar surface area (TPSA) is 45.5 Å². The van der Waals surface area contributed by atoms with Crippen molar-refractivity contribution in [3.63, 3.8) is 0 Å². The number of oxime groups is 1. The molecule has 0 unspecified atom stereocenters. The third-order valence-electron chi connectivity index (χ3n) is 2.17. The molecule has 0 aliphatic heterocycles. The summed E-state index contributed by atoms with van der Waals surface area (Å²) in [6.45, 7) is 0. The van der Waals surface area contributed by atoms with Gasteiger partial charge in [-0.15, -0.1) is 0 Å². The number of rotatable bonds is 0. The van der Waals surface area contributed by atoms with Crippen molar-refractivity contribution in [2.45, 2.75) is 19.3 Å². The SMILES string of the molecule is O/N=C1/CCc2ncccc2C1. The predicted octanol–water partition coefficient (Wildman–Crippen LogP) is 1.40. The Labute approximate surface area is 70.7 Å². The van der Waals surface area contributed by atoms with Crippen molar-refractivity contribution < 1.29 is 5.21 Å². The van der Waals surface area contributed by atoms with Gasteiger partial charge in [0.25, 0.3) is 0 Å². The number of hydrogen-bond acceptors (Lipinski definition) is 3. The quantitative estimate of drug-likeness (QED) is 0.463. The van der Waals surface area contributed by atoms with Crippen molar-refractivity contribution in [2.24, 2.45) is 5.16 Å². The van der Waals surface area contributed by atoms with Gasteiger partial charge in [0, 0.05) is 18.3 Å². The van der Waals surface area contributed by atoms with Gasteiger partial charge >= 0.3 is 0 Å². The molecule has 3 nitrogen and oxygen atoms in total. The van der Waals surface area contributed by atoms with Gasteiger partial charge in [-0.05, 0) is 24.5 Å². The predicted molar refractivity (Wildman–Crippen MR) is 45.5 cm³/mol. The van der Waals surface area contributed by atoms with Crippen LogP contribution in [0.4, 0.5) is 0 Å². The van der Waals surface area contributed by atoms with Crippen molar-refractivity contribution in [3.8, 4) is 0 Å². The molecule has 1 aromatic heterocycles. The molecule has 1 aliphatic rings. The second kappa shape index (κ2) is 2.93. The highest BCUT2D eigenvalue weighted by Crippen LogP contribution is 2.16. The monoisotopic (exact) mass is 162 g/mol. The van der Waals surface area contributed by atoms with Crippen molar-refractivity contribution in [1.82, 2.24) is 4.98 Å². The van der Waals surface area contributed by atoms with Gasteiger partial charge in [-0.3, -0.25) is 4.98 Å². The second-order valence-corrected chi connectivity index (χ2v) is 2.95. The molecule has 62 valence electrons. The van der Waals surface area contributed by atoms with Gasteiger partial charge in [-0.1, -0.05) is 11.2 Å². The Bertz CT molecular complexity index is 320. The molecule has 12 heavy (non-hydrogen) atoms. The summed E-state index contributed by atoms with van der Waals surface area (Å²) in [5.41, 5.74) is 3.19. The molecule has 0 fully saturated rings. The van der Waals surface area contributed by atoms with Crippen LogP contribution in [0, 0.1) is 0 Å².